The summed E-state index contributed by atoms with van der Waals surface area (Å²) in [5, 5.41) is 2.79. The summed E-state index contributed by atoms with van der Waals surface area (Å²) in [6, 6.07) is 3.98. The van der Waals surface area contributed by atoms with Crippen LogP contribution in [0.4, 0.5) is 4.39 Å². The molecule has 1 amide bonds. The van der Waals surface area contributed by atoms with Gasteiger partial charge in [-0.3, -0.25) is 4.79 Å². The molecule has 0 aromatic heterocycles. The molecule has 0 unspecified atom stereocenters. The summed E-state index contributed by atoms with van der Waals surface area (Å²) in [5.41, 5.74) is 6.12. The van der Waals surface area contributed by atoms with Crippen LogP contribution in [0, 0.1) is 5.82 Å². The van der Waals surface area contributed by atoms with Crippen LogP contribution in [0.15, 0.2) is 22.7 Å². The maximum absolute atomic E-state index is 12.9. The summed E-state index contributed by atoms with van der Waals surface area (Å²) < 4.78 is 13.4. The Morgan fingerprint density at radius 2 is 2.06 bits per heavy atom. The maximum Gasteiger partial charge on any atom is 0.252 e. The molecule has 3 nitrogen and oxygen atoms in total. The van der Waals surface area contributed by atoms with Crippen molar-refractivity contribution in [3.63, 3.8) is 0 Å². The Morgan fingerprint density at radius 3 is 2.56 bits per heavy atom. The van der Waals surface area contributed by atoms with Crippen LogP contribution in [-0.2, 0) is 0 Å². The van der Waals surface area contributed by atoms with Crippen LogP contribution in [0.25, 0.3) is 0 Å². The van der Waals surface area contributed by atoms with Gasteiger partial charge in [0.1, 0.15) is 5.82 Å². The van der Waals surface area contributed by atoms with Crippen LogP contribution < -0.4 is 11.1 Å². The zero-order valence-electron chi connectivity index (χ0n) is 10.6. The predicted molar refractivity (Wildman–Crippen MR) is 73.9 cm³/mol. The van der Waals surface area contributed by atoms with Gasteiger partial charge in [0.2, 0.25) is 0 Å². The molecule has 18 heavy (non-hydrogen) atoms. The van der Waals surface area contributed by atoms with Gasteiger partial charge in [0.05, 0.1) is 5.56 Å². The number of amides is 1. The quantitative estimate of drug-likeness (QED) is 0.877. The van der Waals surface area contributed by atoms with Crippen molar-refractivity contribution in [1.82, 2.24) is 5.32 Å². The Balaban J connectivity index is 2.71. The minimum absolute atomic E-state index is 0.251. The number of nitrogens with one attached hydrogen (secondary N) is 1. The first kappa shape index (κ1) is 15.1. The molecule has 5 heteroatoms. The van der Waals surface area contributed by atoms with Crippen molar-refractivity contribution in [1.29, 1.82) is 0 Å². The third-order valence-electron chi connectivity index (χ3n) is 3.19. The molecular formula is C13H18BrFN2O. The first-order chi connectivity index (χ1) is 8.41. The Kier molecular flexibility index (Phi) is 5.28. The van der Waals surface area contributed by atoms with Crippen molar-refractivity contribution in [2.24, 2.45) is 5.73 Å². The molecule has 0 bridgehead atoms. The molecule has 1 aromatic carbocycles. The fourth-order valence-corrected chi connectivity index (χ4v) is 2.06. The summed E-state index contributed by atoms with van der Waals surface area (Å²) in [7, 11) is 0. The van der Waals surface area contributed by atoms with E-state index in [1.54, 1.807) is 0 Å². The standard InChI is InChI=1S/C13H18BrFN2O/c1-3-13(16,4-2)8-17-12(18)10-6-5-9(15)7-11(10)14/h5-7H,3-4,8,16H2,1-2H3,(H,17,18). The van der Waals surface area contributed by atoms with Crippen molar-refractivity contribution in [3.8, 4) is 0 Å². The molecule has 0 spiro atoms. The largest absolute Gasteiger partial charge is 0.350 e. The van der Waals surface area contributed by atoms with Crippen molar-refractivity contribution in [2.45, 2.75) is 32.2 Å². The molecule has 0 aliphatic rings. The van der Waals surface area contributed by atoms with Gasteiger partial charge in [-0.25, -0.2) is 4.39 Å². The van der Waals surface area contributed by atoms with E-state index >= 15 is 0 Å². The zero-order chi connectivity index (χ0) is 13.8. The SMILES string of the molecule is CCC(N)(CC)CNC(=O)c1ccc(F)cc1Br. The average Bonchev–Trinajstić information content (AvgIpc) is 2.35. The fourth-order valence-electron chi connectivity index (χ4n) is 1.53. The molecular weight excluding hydrogens is 299 g/mol. The van der Waals surface area contributed by atoms with Crippen molar-refractivity contribution in [3.05, 3.63) is 34.1 Å². The van der Waals surface area contributed by atoms with Crippen molar-refractivity contribution >= 4 is 21.8 Å². The maximum atomic E-state index is 12.9. The number of halogens is 2. The minimum Gasteiger partial charge on any atom is -0.350 e. The van der Waals surface area contributed by atoms with E-state index in [9.17, 15) is 9.18 Å². The lowest BCUT2D eigenvalue weighted by Crippen LogP contribution is -2.49. The molecule has 0 aliphatic heterocycles. The Bertz CT molecular complexity index is 433. The second-order valence-electron chi connectivity index (χ2n) is 4.38. The lowest BCUT2D eigenvalue weighted by atomic mass is 9.94. The Morgan fingerprint density at radius 1 is 1.44 bits per heavy atom. The summed E-state index contributed by atoms with van der Waals surface area (Å²) in [5.74, 6) is -0.632. The first-order valence-corrected chi connectivity index (χ1v) is 6.73. The van der Waals surface area contributed by atoms with E-state index in [-0.39, 0.29) is 17.3 Å². The highest BCUT2D eigenvalue weighted by molar-refractivity contribution is 9.10. The van der Waals surface area contributed by atoms with E-state index in [2.05, 4.69) is 21.2 Å². The lowest BCUT2D eigenvalue weighted by molar-refractivity contribution is 0.0941. The number of hydrogen-bond donors (Lipinski definition) is 2. The molecule has 0 heterocycles. The van der Waals surface area contributed by atoms with Gasteiger partial charge in [-0.05, 0) is 47.0 Å². The van der Waals surface area contributed by atoms with Gasteiger partial charge >= 0.3 is 0 Å². The van der Waals surface area contributed by atoms with E-state index in [1.807, 2.05) is 13.8 Å². The molecule has 0 fully saturated rings. The second-order valence-corrected chi connectivity index (χ2v) is 5.23. The molecule has 3 N–H and O–H groups in total. The van der Waals surface area contributed by atoms with Gasteiger partial charge < -0.3 is 11.1 Å². The molecule has 1 rings (SSSR count). The van der Waals surface area contributed by atoms with E-state index in [1.165, 1.54) is 18.2 Å². The average molecular weight is 317 g/mol. The molecule has 0 saturated carbocycles. The fraction of sp³-hybridized carbons (Fsp3) is 0.462. The van der Waals surface area contributed by atoms with E-state index < -0.39 is 0 Å². The van der Waals surface area contributed by atoms with Crippen molar-refractivity contribution < 1.29 is 9.18 Å². The van der Waals surface area contributed by atoms with Gasteiger partial charge in [0.25, 0.3) is 5.91 Å². The number of nitrogens with two attached hydrogens (primary N) is 1. The van der Waals surface area contributed by atoms with Crippen LogP contribution in [0.2, 0.25) is 0 Å². The molecule has 0 atom stereocenters. The van der Waals surface area contributed by atoms with Crippen molar-refractivity contribution in [2.75, 3.05) is 6.54 Å². The minimum atomic E-state index is -0.387. The summed E-state index contributed by atoms with van der Waals surface area (Å²) in [6.45, 7) is 4.38. The van der Waals surface area contributed by atoms with E-state index in [0.29, 0.717) is 16.6 Å². The summed E-state index contributed by atoms with van der Waals surface area (Å²) in [6.07, 6.45) is 1.57. The third-order valence-corrected chi connectivity index (χ3v) is 3.84. The lowest BCUT2D eigenvalue weighted by Gasteiger charge is -2.26. The zero-order valence-corrected chi connectivity index (χ0v) is 12.2. The second kappa shape index (κ2) is 6.29. The smallest absolute Gasteiger partial charge is 0.252 e. The van der Waals surface area contributed by atoms with Crippen LogP contribution >= 0.6 is 15.9 Å². The van der Waals surface area contributed by atoms with E-state index in [0.717, 1.165) is 12.8 Å². The number of hydrogen-bond acceptors (Lipinski definition) is 2. The van der Waals surface area contributed by atoms with Gasteiger partial charge in [-0.1, -0.05) is 13.8 Å². The predicted octanol–water partition coefficient (Wildman–Crippen LogP) is 2.84. The summed E-state index contributed by atoms with van der Waals surface area (Å²) in [4.78, 5) is 11.9. The number of carbonyl (C=O) groups is 1. The van der Waals surface area contributed by atoms with Crippen LogP contribution in [0.5, 0.6) is 0 Å². The number of rotatable bonds is 5. The molecule has 1 aromatic rings. The highest BCUT2D eigenvalue weighted by Gasteiger charge is 2.21. The molecule has 0 aliphatic carbocycles. The summed E-state index contributed by atoms with van der Waals surface area (Å²) >= 11 is 3.17. The highest BCUT2D eigenvalue weighted by Crippen LogP contribution is 2.18. The normalized spacial score (nSPS) is 11.4. The third kappa shape index (κ3) is 3.78. The number of benzene rings is 1. The highest BCUT2D eigenvalue weighted by atomic mass is 79.9. The van der Waals surface area contributed by atoms with Gasteiger partial charge in [-0.2, -0.15) is 0 Å². The van der Waals surface area contributed by atoms with Crippen LogP contribution in [0.3, 0.4) is 0 Å². The van der Waals surface area contributed by atoms with Crippen LogP contribution in [0.1, 0.15) is 37.0 Å². The molecule has 0 radical (unpaired) electrons. The van der Waals surface area contributed by atoms with Crippen LogP contribution in [-0.4, -0.2) is 18.0 Å². The topological polar surface area (TPSA) is 55.1 Å². The Labute approximate surface area is 115 Å². The van der Waals surface area contributed by atoms with E-state index in [4.69, 9.17) is 5.73 Å². The molecule has 100 valence electrons. The number of carbonyl (C=O) groups excluding carboxylic acids is 1. The monoisotopic (exact) mass is 316 g/mol. The van der Waals surface area contributed by atoms with Gasteiger partial charge in [-0.15, -0.1) is 0 Å². The molecule has 0 saturated heterocycles. The Hall–Kier alpha value is -0.940. The van der Waals surface area contributed by atoms with Gasteiger partial charge in [0, 0.05) is 16.6 Å². The van der Waals surface area contributed by atoms with Gasteiger partial charge in [0.15, 0.2) is 0 Å². The first-order valence-electron chi connectivity index (χ1n) is 5.94.